The molecule has 0 spiro atoms. The summed E-state index contributed by atoms with van der Waals surface area (Å²) in [6, 6.07) is 15.5. The first kappa shape index (κ1) is 14.0. The summed E-state index contributed by atoms with van der Waals surface area (Å²) in [4.78, 5) is 13.0. The topological polar surface area (TPSA) is 73.9 Å². The SMILES string of the molecule is COc1cccc(-c2nc(N)nc(-c3cccc(C)c3)n2)c1. The summed E-state index contributed by atoms with van der Waals surface area (Å²) >= 11 is 0. The zero-order valence-corrected chi connectivity index (χ0v) is 12.4. The Morgan fingerprint density at radius 1 is 0.864 bits per heavy atom. The van der Waals surface area contributed by atoms with Crippen molar-refractivity contribution in [2.45, 2.75) is 6.92 Å². The van der Waals surface area contributed by atoms with E-state index in [2.05, 4.69) is 15.0 Å². The van der Waals surface area contributed by atoms with Gasteiger partial charge in [0, 0.05) is 11.1 Å². The molecule has 0 saturated carbocycles. The van der Waals surface area contributed by atoms with Gasteiger partial charge in [-0.15, -0.1) is 0 Å². The summed E-state index contributed by atoms with van der Waals surface area (Å²) in [7, 11) is 1.62. The van der Waals surface area contributed by atoms with Gasteiger partial charge in [0.2, 0.25) is 5.95 Å². The van der Waals surface area contributed by atoms with Gasteiger partial charge < -0.3 is 10.5 Å². The number of nitrogens with two attached hydrogens (primary N) is 1. The van der Waals surface area contributed by atoms with Crippen molar-refractivity contribution in [1.29, 1.82) is 0 Å². The van der Waals surface area contributed by atoms with E-state index in [1.165, 1.54) is 0 Å². The maximum absolute atomic E-state index is 5.85. The van der Waals surface area contributed by atoms with E-state index in [0.29, 0.717) is 11.6 Å². The van der Waals surface area contributed by atoms with Crippen molar-refractivity contribution < 1.29 is 4.74 Å². The summed E-state index contributed by atoms with van der Waals surface area (Å²) in [6.45, 7) is 2.02. The highest BCUT2D eigenvalue weighted by atomic mass is 16.5. The minimum absolute atomic E-state index is 0.198. The number of rotatable bonds is 3. The number of nitrogen functional groups attached to an aromatic ring is 1. The van der Waals surface area contributed by atoms with Crippen LogP contribution < -0.4 is 10.5 Å². The van der Waals surface area contributed by atoms with Crippen molar-refractivity contribution in [3.63, 3.8) is 0 Å². The van der Waals surface area contributed by atoms with Crippen LogP contribution in [0.3, 0.4) is 0 Å². The predicted octanol–water partition coefficient (Wildman–Crippen LogP) is 3.10. The molecule has 0 aliphatic rings. The Bertz CT molecular complexity index is 817. The van der Waals surface area contributed by atoms with Crippen LogP contribution in [-0.4, -0.2) is 22.1 Å². The summed E-state index contributed by atoms with van der Waals surface area (Å²) < 4.78 is 5.23. The first-order valence-electron chi connectivity index (χ1n) is 6.89. The second-order valence-electron chi connectivity index (χ2n) is 4.94. The van der Waals surface area contributed by atoms with Gasteiger partial charge in [-0.3, -0.25) is 0 Å². The summed E-state index contributed by atoms with van der Waals surface area (Å²) in [6.07, 6.45) is 0. The lowest BCUT2D eigenvalue weighted by atomic mass is 10.1. The fourth-order valence-corrected chi connectivity index (χ4v) is 2.20. The van der Waals surface area contributed by atoms with Gasteiger partial charge in [-0.1, -0.05) is 35.9 Å². The average Bonchev–Trinajstić information content (AvgIpc) is 2.54. The largest absolute Gasteiger partial charge is 0.497 e. The van der Waals surface area contributed by atoms with E-state index in [4.69, 9.17) is 10.5 Å². The fourth-order valence-electron chi connectivity index (χ4n) is 2.20. The van der Waals surface area contributed by atoms with Crippen LogP contribution in [0.5, 0.6) is 5.75 Å². The van der Waals surface area contributed by atoms with Crippen molar-refractivity contribution in [3.8, 4) is 28.5 Å². The standard InChI is InChI=1S/C17H16N4O/c1-11-5-3-6-12(9-11)15-19-16(21-17(18)20-15)13-7-4-8-14(10-13)22-2/h3-10H,1-2H3,(H2,18,19,20,21). The molecule has 3 rings (SSSR count). The number of ether oxygens (including phenoxy) is 1. The molecule has 0 bridgehead atoms. The van der Waals surface area contributed by atoms with E-state index in [1.807, 2.05) is 55.5 Å². The van der Waals surface area contributed by atoms with Gasteiger partial charge in [-0.25, -0.2) is 4.98 Å². The zero-order chi connectivity index (χ0) is 15.5. The molecule has 0 amide bonds. The predicted molar refractivity (Wildman–Crippen MR) is 86.4 cm³/mol. The molecule has 5 nitrogen and oxygen atoms in total. The molecule has 22 heavy (non-hydrogen) atoms. The van der Waals surface area contributed by atoms with Gasteiger partial charge in [-0.2, -0.15) is 9.97 Å². The highest BCUT2D eigenvalue weighted by Crippen LogP contribution is 2.24. The van der Waals surface area contributed by atoms with Crippen molar-refractivity contribution in [2.75, 3.05) is 12.8 Å². The van der Waals surface area contributed by atoms with Gasteiger partial charge in [0.15, 0.2) is 11.6 Å². The van der Waals surface area contributed by atoms with Gasteiger partial charge in [0.05, 0.1) is 7.11 Å². The van der Waals surface area contributed by atoms with Crippen LogP contribution in [0, 0.1) is 6.92 Å². The molecule has 0 unspecified atom stereocenters. The Balaban J connectivity index is 2.10. The van der Waals surface area contributed by atoms with Crippen molar-refractivity contribution in [2.24, 2.45) is 0 Å². The monoisotopic (exact) mass is 292 g/mol. The molecule has 0 radical (unpaired) electrons. The lowest BCUT2D eigenvalue weighted by molar-refractivity contribution is 0.415. The van der Waals surface area contributed by atoms with Crippen LogP contribution in [0.2, 0.25) is 0 Å². The maximum atomic E-state index is 5.85. The third-order valence-electron chi connectivity index (χ3n) is 3.26. The lowest BCUT2D eigenvalue weighted by Gasteiger charge is -2.07. The van der Waals surface area contributed by atoms with E-state index in [9.17, 15) is 0 Å². The number of aromatic nitrogens is 3. The molecule has 1 aromatic heterocycles. The van der Waals surface area contributed by atoms with Crippen LogP contribution >= 0.6 is 0 Å². The second-order valence-corrected chi connectivity index (χ2v) is 4.94. The third kappa shape index (κ3) is 2.88. The minimum Gasteiger partial charge on any atom is -0.497 e. The molecule has 0 atom stereocenters. The molecule has 2 N–H and O–H groups in total. The van der Waals surface area contributed by atoms with Gasteiger partial charge in [0.1, 0.15) is 5.75 Å². The number of nitrogens with zero attached hydrogens (tertiary/aromatic N) is 3. The minimum atomic E-state index is 0.198. The number of hydrogen-bond acceptors (Lipinski definition) is 5. The molecular weight excluding hydrogens is 276 g/mol. The van der Waals surface area contributed by atoms with Crippen LogP contribution in [0.4, 0.5) is 5.95 Å². The third-order valence-corrected chi connectivity index (χ3v) is 3.26. The molecule has 110 valence electrons. The smallest absolute Gasteiger partial charge is 0.224 e. The van der Waals surface area contributed by atoms with Crippen LogP contribution in [-0.2, 0) is 0 Å². The summed E-state index contributed by atoms with van der Waals surface area (Å²) in [5.41, 5.74) is 8.74. The van der Waals surface area contributed by atoms with Crippen LogP contribution in [0.25, 0.3) is 22.8 Å². The van der Waals surface area contributed by atoms with E-state index in [-0.39, 0.29) is 5.95 Å². The van der Waals surface area contributed by atoms with E-state index in [1.54, 1.807) is 7.11 Å². The Labute approximate surface area is 128 Å². The maximum Gasteiger partial charge on any atom is 0.224 e. The van der Waals surface area contributed by atoms with Gasteiger partial charge in [-0.05, 0) is 25.1 Å². The molecular formula is C17H16N4O. The molecule has 5 heteroatoms. The Morgan fingerprint density at radius 3 is 2.14 bits per heavy atom. The molecule has 0 saturated heterocycles. The van der Waals surface area contributed by atoms with Crippen molar-refractivity contribution >= 4 is 5.95 Å². The van der Waals surface area contributed by atoms with Crippen molar-refractivity contribution in [3.05, 3.63) is 54.1 Å². The van der Waals surface area contributed by atoms with Crippen molar-refractivity contribution in [1.82, 2.24) is 15.0 Å². The van der Waals surface area contributed by atoms with Gasteiger partial charge in [0.25, 0.3) is 0 Å². The second kappa shape index (κ2) is 5.81. The van der Waals surface area contributed by atoms with E-state index >= 15 is 0 Å². The molecule has 0 aliphatic carbocycles. The number of benzene rings is 2. The zero-order valence-electron chi connectivity index (χ0n) is 12.4. The normalized spacial score (nSPS) is 10.5. The first-order chi connectivity index (χ1) is 10.7. The summed E-state index contributed by atoms with van der Waals surface area (Å²) in [5.74, 6) is 2.04. The molecule has 1 heterocycles. The molecule has 0 aliphatic heterocycles. The van der Waals surface area contributed by atoms with Crippen LogP contribution in [0.1, 0.15) is 5.56 Å². The number of aryl methyl sites for hydroxylation is 1. The lowest BCUT2D eigenvalue weighted by Crippen LogP contribution is -2.02. The molecule has 2 aromatic carbocycles. The quantitative estimate of drug-likeness (QED) is 0.803. The molecule has 3 aromatic rings. The highest BCUT2D eigenvalue weighted by molar-refractivity contribution is 5.63. The van der Waals surface area contributed by atoms with Crippen LogP contribution in [0.15, 0.2) is 48.5 Å². The number of methoxy groups -OCH3 is 1. The highest BCUT2D eigenvalue weighted by Gasteiger charge is 2.09. The van der Waals surface area contributed by atoms with Gasteiger partial charge >= 0.3 is 0 Å². The van der Waals surface area contributed by atoms with E-state index in [0.717, 1.165) is 22.4 Å². The average molecular weight is 292 g/mol. The van der Waals surface area contributed by atoms with E-state index < -0.39 is 0 Å². The Hall–Kier alpha value is -2.95. The molecule has 0 fully saturated rings. The number of hydrogen-bond donors (Lipinski definition) is 1. The first-order valence-corrected chi connectivity index (χ1v) is 6.89. The fraction of sp³-hybridized carbons (Fsp3) is 0.118. The summed E-state index contributed by atoms with van der Waals surface area (Å²) in [5, 5.41) is 0. The Morgan fingerprint density at radius 2 is 1.50 bits per heavy atom. The number of anilines is 1. The Kier molecular flexibility index (Phi) is 3.70.